The molecule has 0 aromatic rings. The van der Waals surface area contributed by atoms with Gasteiger partial charge in [0.2, 0.25) is 0 Å². The average Bonchev–Trinajstić information content (AvgIpc) is 0.811. The minimum absolute atomic E-state index is 0. The Morgan fingerprint density at radius 1 is 1.33 bits per heavy atom. The Kier molecular flexibility index (Phi) is 24.3. The molecule has 5 nitrogen and oxygen atoms in total. The van der Waals surface area contributed by atoms with Crippen LogP contribution in [0.3, 0.4) is 0 Å². The summed E-state index contributed by atoms with van der Waals surface area (Å²) in [5.74, 6) is 0. The first-order valence-corrected chi connectivity index (χ1v) is 0.548. The van der Waals surface area contributed by atoms with Crippen LogP contribution >= 0.6 is 0 Å². The van der Waals surface area contributed by atoms with Crippen LogP contribution in [0.5, 0.6) is 0 Å². The number of nitrogens with zero attached hydrogens (tertiary/aromatic N) is 1. The Labute approximate surface area is 67.1 Å². The van der Waals surface area contributed by atoms with Crippen molar-refractivity contribution in [3.05, 3.63) is 15.3 Å². The van der Waals surface area contributed by atoms with E-state index in [0.29, 0.717) is 0 Å². The second-order valence-electron chi connectivity index (χ2n) is 0.224. The van der Waals surface area contributed by atoms with Crippen molar-refractivity contribution in [1.82, 2.24) is 0 Å². The topological polar surface area (TPSA) is 96.2 Å². The first-order valence-electron chi connectivity index (χ1n) is 0.548. The third-order valence-electron chi connectivity index (χ3n) is 0. The molecular formula is HCeNO4+. The summed E-state index contributed by atoms with van der Waals surface area (Å²) in [4.78, 5) is 8.25. The Morgan fingerprint density at radius 3 is 1.33 bits per heavy atom. The monoisotopic (exact) mass is 219 g/mol. The normalized spacial score (nSPS) is 4.00. The molecule has 0 aromatic carbocycles. The molecule has 0 amide bonds. The average molecular weight is 219 g/mol. The molecule has 0 spiro atoms. The fourth-order valence-electron chi connectivity index (χ4n) is 0. The maximum Gasteiger partial charge on any atom is 3.00 e. The molecule has 0 bridgehead atoms. The van der Waals surface area contributed by atoms with Gasteiger partial charge in [0.15, 0.2) is 0 Å². The van der Waals surface area contributed by atoms with Crippen molar-refractivity contribution < 1.29 is 52.3 Å². The van der Waals surface area contributed by atoms with Crippen LogP contribution in [0.2, 0.25) is 0 Å². The predicted molar refractivity (Wildman–Crippen MR) is 12.3 cm³/mol. The first kappa shape index (κ1) is 16.0. The first-order chi connectivity index (χ1) is 1.73. The van der Waals surface area contributed by atoms with Crippen molar-refractivity contribution in [1.29, 1.82) is 0 Å². The van der Waals surface area contributed by atoms with Gasteiger partial charge in [-0.15, -0.1) is 0 Å². The van der Waals surface area contributed by atoms with Crippen LogP contribution in [0.25, 0.3) is 0 Å². The molecular weight excluding hydrogens is 218 g/mol. The second kappa shape index (κ2) is 9.11. The molecule has 0 saturated heterocycles. The summed E-state index contributed by atoms with van der Waals surface area (Å²) < 4.78 is 0. The van der Waals surface area contributed by atoms with Crippen LogP contribution < -0.4 is 0 Å². The van der Waals surface area contributed by atoms with Gasteiger partial charge in [0, 0.05) is 0 Å². The zero-order valence-electron chi connectivity index (χ0n) is 2.62. The number of hydrogen-bond acceptors (Lipinski definition) is 4. The molecule has 6 heavy (non-hydrogen) atoms. The summed E-state index contributed by atoms with van der Waals surface area (Å²) >= 11 is 0. The summed E-state index contributed by atoms with van der Waals surface area (Å²) in [5, 5.41) is 14.8. The molecule has 0 fully saturated rings. The Bertz CT molecular complexity index is 30.5. The number of rotatable bonds is 0. The van der Waals surface area contributed by atoms with Crippen molar-refractivity contribution in [3.8, 4) is 0 Å². The third kappa shape index (κ3) is 197. The SMILES string of the molecule is O=[N+]([O-])[O-].[Ce+3].[OH-]. The van der Waals surface area contributed by atoms with Gasteiger partial charge in [-0.05, 0) is 0 Å². The molecule has 0 saturated carbocycles. The smallest absolute Gasteiger partial charge is 0.870 e. The maximum atomic E-state index is 8.25. The van der Waals surface area contributed by atoms with Gasteiger partial charge in [-0.1, -0.05) is 0 Å². The summed E-state index contributed by atoms with van der Waals surface area (Å²) in [6.45, 7) is 0. The fraction of sp³-hybridized carbons (Fsp3) is 0. The Balaban J connectivity index is -0.0000000450. The van der Waals surface area contributed by atoms with Crippen LogP contribution in [0.4, 0.5) is 0 Å². The van der Waals surface area contributed by atoms with Crippen molar-refractivity contribution >= 4 is 0 Å². The van der Waals surface area contributed by atoms with E-state index in [9.17, 15) is 0 Å². The van der Waals surface area contributed by atoms with E-state index in [0.717, 1.165) is 0 Å². The molecule has 0 heterocycles. The molecule has 33 valence electrons. The van der Waals surface area contributed by atoms with Crippen LogP contribution in [-0.2, 0) is 0 Å². The van der Waals surface area contributed by atoms with E-state index >= 15 is 0 Å². The predicted octanol–water partition coefficient (Wildman–Crippen LogP) is -0.416. The van der Waals surface area contributed by atoms with Gasteiger partial charge in [-0.2, -0.15) is 0 Å². The van der Waals surface area contributed by atoms with Crippen molar-refractivity contribution in [3.63, 3.8) is 0 Å². The van der Waals surface area contributed by atoms with Gasteiger partial charge < -0.3 is 20.8 Å². The molecule has 1 radical (unpaired) electrons. The molecule has 0 unspecified atom stereocenters. The van der Waals surface area contributed by atoms with Crippen LogP contribution in [0, 0.1) is 57.1 Å². The molecule has 0 aliphatic heterocycles. The summed E-state index contributed by atoms with van der Waals surface area (Å²) in [6.07, 6.45) is 0. The van der Waals surface area contributed by atoms with E-state index in [-0.39, 0.29) is 47.2 Å². The summed E-state index contributed by atoms with van der Waals surface area (Å²) in [5.41, 5.74) is 0. The van der Waals surface area contributed by atoms with Gasteiger partial charge in [-0.25, -0.2) is 0 Å². The third-order valence-corrected chi connectivity index (χ3v) is 0. The van der Waals surface area contributed by atoms with Crippen molar-refractivity contribution in [2.45, 2.75) is 0 Å². The fourth-order valence-corrected chi connectivity index (χ4v) is 0. The zero-order chi connectivity index (χ0) is 3.58. The standard InChI is InChI=1S/Ce.NO3.H2O/c;2-1(3)4;/h;;1H2/q+3;-1;/p-1. The van der Waals surface area contributed by atoms with Crippen LogP contribution in [0.1, 0.15) is 0 Å². The number of hydrogen-bond donors (Lipinski definition) is 0. The van der Waals surface area contributed by atoms with Gasteiger partial charge in [-0.3, -0.25) is 0 Å². The molecule has 0 aliphatic carbocycles. The summed E-state index contributed by atoms with van der Waals surface area (Å²) in [6, 6.07) is 0. The van der Waals surface area contributed by atoms with Crippen LogP contribution in [0.15, 0.2) is 0 Å². The van der Waals surface area contributed by atoms with E-state index in [4.69, 9.17) is 15.3 Å². The van der Waals surface area contributed by atoms with E-state index in [1.807, 2.05) is 0 Å². The van der Waals surface area contributed by atoms with Gasteiger partial charge in [0.1, 0.15) is 0 Å². The van der Waals surface area contributed by atoms with Crippen molar-refractivity contribution in [2.75, 3.05) is 0 Å². The molecule has 0 aliphatic rings. The molecule has 0 atom stereocenters. The Hall–Kier alpha value is 0.537. The van der Waals surface area contributed by atoms with Crippen LogP contribution in [-0.4, -0.2) is 10.6 Å². The molecule has 0 rings (SSSR count). The Morgan fingerprint density at radius 2 is 1.33 bits per heavy atom. The van der Waals surface area contributed by atoms with Gasteiger partial charge in [0.25, 0.3) is 0 Å². The quantitative estimate of drug-likeness (QED) is 0.408. The van der Waals surface area contributed by atoms with E-state index in [1.54, 1.807) is 0 Å². The maximum absolute atomic E-state index is 8.25. The second-order valence-corrected chi connectivity index (χ2v) is 0.224. The van der Waals surface area contributed by atoms with E-state index in [2.05, 4.69) is 0 Å². The van der Waals surface area contributed by atoms with E-state index < -0.39 is 5.09 Å². The molecule has 6 heteroatoms. The van der Waals surface area contributed by atoms with Gasteiger partial charge in [0.05, 0.1) is 5.09 Å². The molecule has 0 aromatic heterocycles. The minimum atomic E-state index is -1.75. The largest absolute Gasteiger partial charge is 3.00 e. The summed E-state index contributed by atoms with van der Waals surface area (Å²) in [7, 11) is 0. The minimum Gasteiger partial charge on any atom is -0.870 e. The van der Waals surface area contributed by atoms with Crippen molar-refractivity contribution in [2.24, 2.45) is 0 Å². The molecule has 1 N–H and O–H groups in total. The zero-order valence-corrected chi connectivity index (χ0v) is 5.76. The van der Waals surface area contributed by atoms with E-state index in [1.165, 1.54) is 0 Å². The van der Waals surface area contributed by atoms with Gasteiger partial charge >= 0.3 is 41.7 Å².